The van der Waals surface area contributed by atoms with Crippen molar-refractivity contribution in [1.82, 2.24) is 0 Å². The third-order valence-corrected chi connectivity index (χ3v) is 3.73. The number of anilines is 1. The number of amides is 1. The highest BCUT2D eigenvalue weighted by Gasteiger charge is 2.21. The number of carbonyl (C=O) groups excluding carboxylic acids is 1. The molecule has 0 bridgehead atoms. The van der Waals surface area contributed by atoms with Gasteiger partial charge in [0.05, 0.1) is 40.1 Å². The van der Waals surface area contributed by atoms with Crippen molar-refractivity contribution in [2.75, 3.05) is 33.8 Å². The van der Waals surface area contributed by atoms with E-state index in [9.17, 15) is 4.79 Å². The molecule has 0 fully saturated rings. The molecule has 27 heavy (non-hydrogen) atoms. The number of benzene rings is 2. The molecule has 1 N–H and O–H groups in total. The fourth-order valence-corrected chi connectivity index (χ4v) is 2.58. The third kappa shape index (κ3) is 4.55. The van der Waals surface area contributed by atoms with Crippen molar-refractivity contribution in [3.05, 3.63) is 35.9 Å². The van der Waals surface area contributed by atoms with Crippen LogP contribution in [-0.4, -0.2) is 40.5 Å². The van der Waals surface area contributed by atoms with Crippen LogP contribution in [0.3, 0.4) is 0 Å². The second-order valence-electron chi connectivity index (χ2n) is 5.87. The minimum atomic E-state index is -0.354. The van der Waals surface area contributed by atoms with Gasteiger partial charge in [0.15, 0.2) is 23.0 Å². The molecule has 0 heterocycles. The third-order valence-electron chi connectivity index (χ3n) is 3.73. The summed E-state index contributed by atoms with van der Waals surface area (Å²) in [6.07, 6.45) is 0.00960. The first-order valence-corrected chi connectivity index (χ1v) is 8.40. The first kappa shape index (κ1) is 20.2. The van der Waals surface area contributed by atoms with Gasteiger partial charge in [-0.25, -0.2) is 0 Å². The van der Waals surface area contributed by atoms with E-state index in [1.54, 1.807) is 37.4 Å². The number of hydrogen-bond donors (Lipinski definition) is 1. The van der Waals surface area contributed by atoms with E-state index >= 15 is 0 Å². The van der Waals surface area contributed by atoms with Gasteiger partial charge in [-0.05, 0) is 38.1 Å². The molecule has 0 radical (unpaired) electrons. The Balaban J connectivity index is 2.32. The van der Waals surface area contributed by atoms with Gasteiger partial charge >= 0.3 is 0 Å². The molecule has 7 heteroatoms. The van der Waals surface area contributed by atoms with Crippen LogP contribution in [0.15, 0.2) is 30.3 Å². The first-order valence-electron chi connectivity index (χ1n) is 8.40. The maximum absolute atomic E-state index is 12.8. The monoisotopic (exact) mass is 375 g/mol. The maximum Gasteiger partial charge on any atom is 0.259 e. The van der Waals surface area contributed by atoms with Crippen LogP contribution in [0.25, 0.3) is 0 Å². The number of ether oxygens (including phenoxy) is 5. The lowest BCUT2D eigenvalue weighted by atomic mass is 10.1. The zero-order chi connectivity index (χ0) is 20.0. The lowest BCUT2D eigenvalue weighted by Crippen LogP contribution is -2.14. The molecule has 0 aliphatic heterocycles. The first-order chi connectivity index (χ1) is 12.9. The van der Waals surface area contributed by atoms with Crippen molar-refractivity contribution in [2.45, 2.75) is 20.0 Å². The standard InChI is InChI=1S/C20H25NO6/c1-12(2)27-15-9-7-13(11-17(15)24-4)21-20(22)14-8-10-16(23-3)19(26-6)18(14)25-5/h7-12H,1-6H3,(H,21,22). The predicted octanol–water partition coefficient (Wildman–Crippen LogP) is 3.76. The molecule has 146 valence electrons. The van der Waals surface area contributed by atoms with Crippen molar-refractivity contribution in [3.8, 4) is 28.7 Å². The Bertz CT molecular complexity index is 803. The molecule has 7 nitrogen and oxygen atoms in total. The summed E-state index contributed by atoms with van der Waals surface area (Å²) < 4.78 is 27.0. The van der Waals surface area contributed by atoms with E-state index in [0.717, 1.165) is 0 Å². The smallest absolute Gasteiger partial charge is 0.259 e. The molecule has 0 aliphatic carbocycles. The van der Waals surface area contributed by atoms with E-state index in [2.05, 4.69) is 5.32 Å². The molecule has 0 aromatic heterocycles. The minimum Gasteiger partial charge on any atom is -0.493 e. The Morgan fingerprint density at radius 1 is 0.815 bits per heavy atom. The molecule has 2 rings (SSSR count). The zero-order valence-electron chi connectivity index (χ0n) is 16.4. The fraction of sp³-hybridized carbons (Fsp3) is 0.350. The van der Waals surface area contributed by atoms with Gasteiger partial charge in [-0.3, -0.25) is 4.79 Å². The molecule has 0 unspecified atom stereocenters. The van der Waals surface area contributed by atoms with Gasteiger partial charge in [0.1, 0.15) is 0 Å². The van der Waals surface area contributed by atoms with E-state index in [1.807, 2.05) is 13.8 Å². The van der Waals surface area contributed by atoms with E-state index in [0.29, 0.717) is 40.0 Å². The summed E-state index contributed by atoms with van der Waals surface area (Å²) >= 11 is 0. The topological polar surface area (TPSA) is 75.3 Å². The number of nitrogens with one attached hydrogen (secondary N) is 1. The summed E-state index contributed by atoms with van der Waals surface area (Å²) in [5.41, 5.74) is 0.876. The highest BCUT2D eigenvalue weighted by molar-refractivity contribution is 6.07. The second kappa shape index (κ2) is 9.02. The van der Waals surface area contributed by atoms with E-state index in [1.165, 1.54) is 21.3 Å². The van der Waals surface area contributed by atoms with Crippen LogP contribution < -0.4 is 29.0 Å². The van der Waals surface area contributed by atoms with Crippen LogP contribution in [0.5, 0.6) is 28.7 Å². The second-order valence-corrected chi connectivity index (χ2v) is 5.87. The quantitative estimate of drug-likeness (QED) is 0.757. The van der Waals surface area contributed by atoms with Crippen molar-refractivity contribution in [3.63, 3.8) is 0 Å². The summed E-state index contributed by atoms with van der Waals surface area (Å²) in [5.74, 6) is 1.90. The predicted molar refractivity (Wildman–Crippen MR) is 103 cm³/mol. The summed E-state index contributed by atoms with van der Waals surface area (Å²) in [4.78, 5) is 12.8. The summed E-state index contributed by atoms with van der Waals surface area (Å²) in [7, 11) is 6.02. The van der Waals surface area contributed by atoms with Crippen LogP contribution in [0, 0.1) is 0 Å². The Labute approximate surface area is 159 Å². The highest BCUT2D eigenvalue weighted by atomic mass is 16.5. The molecular formula is C20H25NO6. The summed E-state index contributed by atoms with van der Waals surface area (Å²) in [6.45, 7) is 3.86. The zero-order valence-corrected chi connectivity index (χ0v) is 16.4. The molecule has 0 aliphatic rings. The Hall–Kier alpha value is -3.09. The normalized spacial score (nSPS) is 10.3. The van der Waals surface area contributed by atoms with Crippen molar-refractivity contribution >= 4 is 11.6 Å². The number of methoxy groups -OCH3 is 4. The number of carbonyl (C=O) groups is 1. The maximum atomic E-state index is 12.8. The van der Waals surface area contributed by atoms with Crippen LogP contribution in [0.4, 0.5) is 5.69 Å². The molecule has 2 aromatic rings. The van der Waals surface area contributed by atoms with Gasteiger partial charge in [0.25, 0.3) is 5.91 Å². The van der Waals surface area contributed by atoms with Gasteiger partial charge in [0, 0.05) is 11.8 Å². The Kier molecular flexibility index (Phi) is 6.76. The van der Waals surface area contributed by atoms with Crippen LogP contribution in [0.2, 0.25) is 0 Å². The lowest BCUT2D eigenvalue weighted by Gasteiger charge is -2.17. The number of hydrogen-bond acceptors (Lipinski definition) is 6. The highest BCUT2D eigenvalue weighted by Crippen LogP contribution is 2.40. The van der Waals surface area contributed by atoms with Gasteiger partial charge in [-0.2, -0.15) is 0 Å². The molecule has 0 spiro atoms. The molecule has 0 saturated carbocycles. The molecule has 1 amide bonds. The van der Waals surface area contributed by atoms with E-state index in [4.69, 9.17) is 23.7 Å². The van der Waals surface area contributed by atoms with Crippen LogP contribution in [-0.2, 0) is 0 Å². The molecule has 2 aromatic carbocycles. The van der Waals surface area contributed by atoms with E-state index < -0.39 is 0 Å². The fourth-order valence-electron chi connectivity index (χ4n) is 2.58. The van der Waals surface area contributed by atoms with Crippen LogP contribution >= 0.6 is 0 Å². The lowest BCUT2D eigenvalue weighted by molar-refractivity contribution is 0.102. The van der Waals surface area contributed by atoms with E-state index in [-0.39, 0.29) is 12.0 Å². The minimum absolute atomic E-state index is 0.00960. The van der Waals surface area contributed by atoms with Gasteiger partial charge in [-0.15, -0.1) is 0 Å². The SMILES string of the molecule is COc1cc(NC(=O)c2ccc(OC)c(OC)c2OC)ccc1OC(C)C. The summed E-state index contributed by atoms with van der Waals surface area (Å²) in [6, 6.07) is 8.45. The largest absolute Gasteiger partial charge is 0.493 e. The Morgan fingerprint density at radius 2 is 1.44 bits per heavy atom. The average Bonchev–Trinajstić information content (AvgIpc) is 2.67. The van der Waals surface area contributed by atoms with Gasteiger partial charge in [-0.1, -0.05) is 0 Å². The van der Waals surface area contributed by atoms with Crippen LogP contribution in [0.1, 0.15) is 24.2 Å². The Morgan fingerprint density at radius 3 is 2.00 bits per heavy atom. The molecule has 0 saturated heterocycles. The average molecular weight is 375 g/mol. The molecular weight excluding hydrogens is 350 g/mol. The van der Waals surface area contributed by atoms with Gasteiger partial charge in [0.2, 0.25) is 5.75 Å². The van der Waals surface area contributed by atoms with Crippen molar-refractivity contribution < 1.29 is 28.5 Å². The number of rotatable bonds is 8. The molecule has 0 atom stereocenters. The van der Waals surface area contributed by atoms with Crippen molar-refractivity contribution in [1.29, 1.82) is 0 Å². The van der Waals surface area contributed by atoms with Gasteiger partial charge < -0.3 is 29.0 Å². The van der Waals surface area contributed by atoms with Crippen molar-refractivity contribution in [2.24, 2.45) is 0 Å². The summed E-state index contributed by atoms with van der Waals surface area (Å²) in [5, 5.41) is 2.83.